The third-order valence-corrected chi connectivity index (χ3v) is 5.16. The van der Waals surface area contributed by atoms with E-state index in [-0.39, 0.29) is 24.9 Å². The molecule has 162 valence electrons. The van der Waals surface area contributed by atoms with Gasteiger partial charge >= 0.3 is 0 Å². The summed E-state index contributed by atoms with van der Waals surface area (Å²) in [5.41, 5.74) is 2.31. The Morgan fingerprint density at radius 3 is 2.68 bits per heavy atom. The fraction of sp³-hybridized carbons (Fsp3) is 0.348. The first kappa shape index (κ1) is 21.0. The number of fused-ring (bicyclic) bond motifs is 1. The Balaban J connectivity index is 1.54. The monoisotopic (exact) mass is 426 g/mol. The summed E-state index contributed by atoms with van der Waals surface area (Å²) in [6, 6.07) is 6.71. The Morgan fingerprint density at radius 2 is 2.03 bits per heavy atom. The van der Waals surface area contributed by atoms with Crippen molar-refractivity contribution in [2.45, 2.75) is 39.5 Å². The lowest BCUT2D eigenvalue weighted by Crippen LogP contribution is -2.26. The minimum absolute atomic E-state index is 0.110. The van der Waals surface area contributed by atoms with E-state index >= 15 is 0 Å². The van der Waals surface area contributed by atoms with E-state index in [2.05, 4.69) is 10.1 Å². The zero-order chi connectivity index (χ0) is 22.3. The molecule has 3 heterocycles. The second kappa shape index (κ2) is 7.76. The second-order valence-corrected chi connectivity index (χ2v) is 8.43. The van der Waals surface area contributed by atoms with Crippen molar-refractivity contribution in [3.63, 3.8) is 0 Å². The lowest BCUT2D eigenvalue weighted by atomic mass is 10.0. The molecule has 6 nitrogen and oxygen atoms in total. The highest BCUT2D eigenvalue weighted by molar-refractivity contribution is 6.00. The number of pyridine rings is 1. The molecule has 0 saturated heterocycles. The van der Waals surface area contributed by atoms with Crippen LogP contribution in [-0.4, -0.2) is 37.8 Å². The van der Waals surface area contributed by atoms with Gasteiger partial charge in [0.1, 0.15) is 23.7 Å². The van der Waals surface area contributed by atoms with Crippen molar-refractivity contribution in [2.75, 3.05) is 6.61 Å². The molecule has 4 rings (SSSR count). The van der Waals surface area contributed by atoms with Gasteiger partial charge in [0, 0.05) is 43.7 Å². The van der Waals surface area contributed by atoms with Crippen LogP contribution in [0, 0.1) is 12.7 Å². The fourth-order valence-electron chi connectivity index (χ4n) is 3.69. The molecule has 2 aromatic heterocycles. The van der Waals surface area contributed by atoms with Gasteiger partial charge in [0.15, 0.2) is 0 Å². The summed E-state index contributed by atoms with van der Waals surface area (Å²) in [5, 5.41) is 4.29. The Labute approximate surface area is 179 Å². The summed E-state index contributed by atoms with van der Waals surface area (Å²) in [7, 11) is 1.82. The number of alkyl halides is 1. The highest BCUT2D eigenvalue weighted by atomic mass is 19.1. The highest BCUT2D eigenvalue weighted by Crippen LogP contribution is 2.32. The van der Waals surface area contributed by atoms with Crippen LogP contribution in [0.5, 0.6) is 5.88 Å². The molecule has 0 radical (unpaired) electrons. The summed E-state index contributed by atoms with van der Waals surface area (Å²) in [4.78, 5) is 18.6. The maximum absolute atomic E-state index is 14.9. The van der Waals surface area contributed by atoms with Gasteiger partial charge in [-0.1, -0.05) is 12.1 Å². The first-order valence-corrected chi connectivity index (χ1v) is 10.0. The van der Waals surface area contributed by atoms with Crippen LogP contribution in [0.4, 0.5) is 8.78 Å². The summed E-state index contributed by atoms with van der Waals surface area (Å²) in [6.45, 7) is 4.87. The van der Waals surface area contributed by atoms with Gasteiger partial charge in [-0.25, -0.2) is 13.8 Å². The van der Waals surface area contributed by atoms with Crippen LogP contribution in [-0.2, 0) is 20.1 Å². The Bertz CT molecular complexity index is 1150. The number of rotatable bonds is 6. The predicted molar refractivity (Wildman–Crippen MR) is 112 cm³/mol. The molecule has 0 atom stereocenters. The van der Waals surface area contributed by atoms with Crippen molar-refractivity contribution < 1.29 is 18.3 Å². The topological polar surface area (TPSA) is 60.3 Å². The fourth-order valence-corrected chi connectivity index (χ4v) is 3.69. The van der Waals surface area contributed by atoms with E-state index in [0.717, 1.165) is 22.4 Å². The van der Waals surface area contributed by atoms with Crippen molar-refractivity contribution in [3.05, 3.63) is 64.9 Å². The number of nitrogens with zero attached hydrogens (tertiary/aromatic N) is 4. The average Bonchev–Trinajstić information content (AvgIpc) is 3.20. The van der Waals surface area contributed by atoms with E-state index in [1.54, 1.807) is 16.8 Å². The number of hydrogen-bond donors (Lipinski definition) is 0. The van der Waals surface area contributed by atoms with Crippen LogP contribution >= 0.6 is 0 Å². The summed E-state index contributed by atoms with van der Waals surface area (Å²) in [6.07, 6.45) is 3.37. The number of hydrogen-bond acceptors (Lipinski definition) is 4. The third kappa shape index (κ3) is 4.28. The molecule has 0 spiro atoms. The number of aryl methyl sites for hydroxylation is 2. The molecule has 0 N–H and O–H groups in total. The van der Waals surface area contributed by atoms with Crippen LogP contribution in [0.1, 0.15) is 41.0 Å². The normalized spacial score (nSPS) is 13.6. The van der Waals surface area contributed by atoms with E-state index in [1.807, 2.05) is 26.2 Å². The Hall–Kier alpha value is -3.29. The molecule has 1 aromatic carbocycles. The van der Waals surface area contributed by atoms with Crippen molar-refractivity contribution in [1.29, 1.82) is 0 Å². The smallest absolute Gasteiger partial charge is 0.260 e. The third-order valence-electron chi connectivity index (χ3n) is 5.16. The maximum atomic E-state index is 14.9. The van der Waals surface area contributed by atoms with E-state index in [1.165, 1.54) is 31.0 Å². The van der Waals surface area contributed by atoms with Gasteiger partial charge in [0.25, 0.3) is 5.91 Å². The van der Waals surface area contributed by atoms with Crippen molar-refractivity contribution >= 4 is 5.91 Å². The number of carbonyl (C=O) groups excluding carboxylic acids is 1. The van der Waals surface area contributed by atoms with Crippen molar-refractivity contribution in [2.24, 2.45) is 7.05 Å². The molecule has 31 heavy (non-hydrogen) atoms. The van der Waals surface area contributed by atoms with Crippen LogP contribution in [0.15, 0.2) is 36.7 Å². The predicted octanol–water partition coefficient (Wildman–Crippen LogP) is 4.21. The Morgan fingerprint density at radius 1 is 1.26 bits per heavy atom. The van der Waals surface area contributed by atoms with Gasteiger partial charge in [-0.2, -0.15) is 5.10 Å². The Kier molecular flexibility index (Phi) is 5.24. The van der Waals surface area contributed by atoms with Crippen LogP contribution in [0.2, 0.25) is 0 Å². The summed E-state index contributed by atoms with van der Waals surface area (Å²) >= 11 is 0. The molecule has 0 aliphatic carbocycles. The zero-order valence-corrected chi connectivity index (χ0v) is 17.9. The highest BCUT2D eigenvalue weighted by Gasteiger charge is 2.33. The standard InChI is InChI=1S/C23H24F2N4O2/c1-14-18(12-28(4)27-14)15-5-6-16(19(24)9-15)10-29-11-17-7-8-26-21(20(17)22(29)30)31-13-23(2,3)25/h5-9,12H,10-11,13H2,1-4H3. The van der Waals surface area contributed by atoms with Gasteiger partial charge in [-0.15, -0.1) is 0 Å². The molecule has 3 aromatic rings. The molecule has 8 heteroatoms. The van der Waals surface area contributed by atoms with Crippen LogP contribution in [0.25, 0.3) is 11.1 Å². The summed E-state index contributed by atoms with van der Waals surface area (Å²) < 4.78 is 35.8. The molecular formula is C23H24F2N4O2. The van der Waals surface area contributed by atoms with E-state index in [9.17, 15) is 13.6 Å². The molecule has 1 amide bonds. The number of amides is 1. The molecule has 0 saturated carbocycles. The zero-order valence-electron chi connectivity index (χ0n) is 17.9. The first-order valence-electron chi connectivity index (χ1n) is 10.0. The van der Waals surface area contributed by atoms with Gasteiger partial charge in [0.2, 0.25) is 5.88 Å². The summed E-state index contributed by atoms with van der Waals surface area (Å²) in [5.74, 6) is -0.585. The first-order chi connectivity index (χ1) is 14.6. The van der Waals surface area contributed by atoms with E-state index in [4.69, 9.17) is 4.74 Å². The largest absolute Gasteiger partial charge is 0.474 e. The quantitative estimate of drug-likeness (QED) is 0.592. The van der Waals surface area contributed by atoms with Crippen molar-refractivity contribution in [1.82, 2.24) is 19.7 Å². The van der Waals surface area contributed by atoms with Gasteiger partial charge in [0.05, 0.1) is 5.69 Å². The number of ether oxygens (including phenoxy) is 1. The average molecular weight is 426 g/mol. The van der Waals surface area contributed by atoms with E-state index in [0.29, 0.717) is 17.7 Å². The molecule has 0 bridgehead atoms. The maximum Gasteiger partial charge on any atom is 0.260 e. The molecule has 0 unspecified atom stereocenters. The van der Waals surface area contributed by atoms with E-state index < -0.39 is 11.5 Å². The SMILES string of the molecule is Cc1nn(C)cc1-c1ccc(CN2Cc3ccnc(OCC(C)(C)F)c3C2=O)c(F)c1. The van der Waals surface area contributed by atoms with Crippen molar-refractivity contribution in [3.8, 4) is 17.0 Å². The van der Waals surface area contributed by atoms with Gasteiger partial charge < -0.3 is 9.64 Å². The second-order valence-electron chi connectivity index (χ2n) is 8.43. The van der Waals surface area contributed by atoms with Gasteiger partial charge in [-0.05, 0) is 44.0 Å². The lowest BCUT2D eigenvalue weighted by Gasteiger charge is -2.17. The molecule has 1 aliphatic heterocycles. The molecular weight excluding hydrogens is 402 g/mol. The number of aromatic nitrogens is 3. The van der Waals surface area contributed by atoms with Crippen LogP contribution in [0.3, 0.4) is 0 Å². The minimum atomic E-state index is -1.55. The molecule has 1 aliphatic rings. The number of carbonyl (C=O) groups is 1. The molecule has 0 fully saturated rings. The lowest BCUT2D eigenvalue weighted by molar-refractivity contribution is 0.0753. The van der Waals surface area contributed by atoms with Crippen LogP contribution < -0.4 is 4.74 Å². The number of benzene rings is 1. The van der Waals surface area contributed by atoms with Gasteiger partial charge in [-0.3, -0.25) is 9.48 Å². The minimum Gasteiger partial charge on any atom is -0.474 e. The number of halogens is 2.